The zero-order chi connectivity index (χ0) is 16.2. The fourth-order valence-corrected chi connectivity index (χ4v) is 6.06. The highest BCUT2D eigenvalue weighted by molar-refractivity contribution is 7.76. The Labute approximate surface area is 135 Å². The summed E-state index contributed by atoms with van der Waals surface area (Å²) in [7, 11) is -1.21. The molecule has 21 heavy (non-hydrogen) atoms. The third kappa shape index (κ3) is 4.20. The number of nitrogens with one attached hydrogen (secondary N) is 1. The number of benzene rings is 1. The number of anilines is 1. The number of hydrogen-bond donors (Lipinski definition) is 1. The summed E-state index contributed by atoms with van der Waals surface area (Å²) in [4.78, 5) is 12.8. The molecule has 1 aromatic rings. The van der Waals surface area contributed by atoms with E-state index in [0.717, 1.165) is 40.6 Å². The number of hydrogen-bond acceptors (Lipinski definition) is 1. The van der Waals surface area contributed by atoms with Crippen molar-refractivity contribution < 1.29 is 4.79 Å². The van der Waals surface area contributed by atoms with Gasteiger partial charge < -0.3 is 5.32 Å². The van der Waals surface area contributed by atoms with Crippen LogP contribution >= 0.6 is 18.9 Å². The quantitative estimate of drug-likeness (QED) is 0.700. The number of carbonyl (C=O) groups is 1. The molecule has 1 rings (SSSR count). The number of halogens is 1. The second-order valence-corrected chi connectivity index (χ2v) is 11.2. The van der Waals surface area contributed by atoms with Gasteiger partial charge in [-0.2, -0.15) is 0 Å². The first-order chi connectivity index (χ1) is 9.78. The number of carbonyl (C=O) groups excluding carboxylic acids is 1. The molecule has 2 nitrogen and oxygen atoms in total. The predicted octanol–water partition coefficient (Wildman–Crippen LogP) is 5.36. The maximum atomic E-state index is 12.8. The van der Waals surface area contributed by atoms with Crippen LogP contribution in [0.1, 0.15) is 38.3 Å². The highest BCUT2D eigenvalue weighted by Gasteiger charge is 2.41. The van der Waals surface area contributed by atoms with Gasteiger partial charge in [-0.3, -0.25) is 4.79 Å². The van der Waals surface area contributed by atoms with Crippen LogP contribution < -0.4 is 5.32 Å². The molecular formula is C17H28ClNOP+. The van der Waals surface area contributed by atoms with E-state index in [1.807, 2.05) is 26.0 Å². The van der Waals surface area contributed by atoms with Crippen molar-refractivity contribution in [2.24, 2.45) is 0 Å². The molecule has 1 amide bonds. The van der Waals surface area contributed by atoms with Gasteiger partial charge >= 0.3 is 0 Å². The first-order valence-corrected chi connectivity index (χ1v) is 10.8. The van der Waals surface area contributed by atoms with Gasteiger partial charge in [0.15, 0.2) is 0 Å². The maximum Gasteiger partial charge on any atom is 0.265 e. The van der Waals surface area contributed by atoms with E-state index in [1.54, 1.807) is 0 Å². The Bertz CT molecular complexity index is 489. The van der Waals surface area contributed by atoms with Crippen LogP contribution in [-0.4, -0.2) is 30.6 Å². The van der Waals surface area contributed by atoms with Crippen molar-refractivity contribution in [3.05, 3.63) is 28.3 Å². The number of rotatable bonds is 6. The molecule has 0 bridgehead atoms. The third-order valence-electron chi connectivity index (χ3n) is 4.63. The van der Waals surface area contributed by atoms with Crippen molar-refractivity contribution in [1.29, 1.82) is 0 Å². The lowest BCUT2D eigenvalue weighted by Gasteiger charge is -2.28. The van der Waals surface area contributed by atoms with Crippen LogP contribution in [0.2, 0.25) is 5.02 Å². The second kappa shape index (κ2) is 7.61. The van der Waals surface area contributed by atoms with Gasteiger partial charge in [0.2, 0.25) is 0 Å². The molecule has 0 heterocycles. The molecule has 1 N–H and O–H groups in total. The SMILES string of the molecule is CCC(C(=O)Nc1c(C)cc(Cl)cc1C)[P+](C)(CC)CC. The first kappa shape index (κ1) is 18.5. The molecule has 0 aliphatic heterocycles. The first-order valence-electron chi connectivity index (χ1n) is 7.70. The van der Waals surface area contributed by atoms with Crippen LogP contribution in [0, 0.1) is 13.8 Å². The van der Waals surface area contributed by atoms with Gasteiger partial charge in [-0.05, 0) is 57.4 Å². The molecule has 0 aliphatic carbocycles. The van der Waals surface area contributed by atoms with Crippen molar-refractivity contribution in [2.45, 2.75) is 46.7 Å². The van der Waals surface area contributed by atoms with Crippen molar-refractivity contribution >= 4 is 30.5 Å². The molecular weight excluding hydrogens is 301 g/mol. The lowest BCUT2D eigenvalue weighted by molar-refractivity contribution is -0.115. The zero-order valence-electron chi connectivity index (χ0n) is 14.1. The van der Waals surface area contributed by atoms with Crippen LogP contribution in [0.5, 0.6) is 0 Å². The van der Waals surface area contributed by atoms with E-state index < -0.39 is 7.26 Å². The zero-order valence-corrected chi connectivity index (χ0v) is 15.7. The molecule has 0 spiro atoms. The molecule has 0 saturated carbocycles. The van der Waals surface area contributed by atoms with Crippen LogP contribution in [-0.2, 0) is 4.79 Å². The van der Waals surface area contributed by atoms with E-state index in [0.29, 0.717) is 0 Å². The molecule has 4 heteroatoms. The Hall–Kier alpha value is -0.590. The number of aryl methyl sites for hydroxylation is 2. The molecule has 0 radical (unpaired) electrons. The summed E-state index contributed by atoms with van der Waals surface area (Å²) in [6, 6.07) is 3.80. The number of amides is 1. The lowest BCUT2D eigenvalue weighted by atomic mass is 10.1. The highest BCUT2D eigenvalue weighted by atomic mass is 35.5. The van der Waals surface area contributed by atoms with Crippen LogP contribution in [0.4, 0.5) is 5.69 Å². The van der Waals surface area contributed by atoms with Crippen LogP contribution in [0.25, 0.3) is 0 Å². The van der Waals surface area contributed by atoms with E-state index in [1.165, 1.54) is 0 Å². The molecule has 1 unspecified atom stereocenters. The van der Waals surface area contributed by atoms with Crippen LogP contribution in [0.15, 0.2) is 12.1 Å². The van der Waals surface area contributed by atoms with Gasteiger partial charge in [0.05, 0.1) is 12.3 Å². The smallest absolute Gasteiger partial charge is 0.265 e. The average Bonchev–Trinajstić information content (AvgIpc) is 2.43. The average molecular weight is 329 g/mol. The topological polar surface area (TPSA) is 29.1 Å². The summed E-state index contributed by atoms with van der Waals surface area (Å²) in [5.41, 5.74) is 3.11. The molecule has 1 aromatic carbocycles. The Balaban J connectivity index is 3.04. The van der Waals surface area contributed by atoms with Crippen molar-refractivity contribution in [2.75, 3.05) is 24.3 Å². The van der Waals surface area contributed by atoms with E-state index in [9.17, 15) is 4.79 Å². The van der Waals surface area contributed by atoms with Gasteiger partial charge in [0, 0.05) is 24.6 Å². The summed E-state index contributed by atoms with van der Waals surface area (Å²) in [5.74, 6) is 0.172. The fourth-order valence-electron chi connectivity index (χ4n) is 2.89. The fraction of sp³-hybridized carbons (Fsp3) is 0.588. The standard InChI is InChI=1S/C17H27ClNOP/c1-7-15(21(6,8-2)9-3)17(20)19-16-12(4)10-14(18)11-13(16)5/h10-11,15H,7-9H2,1-6H3/p+1. The van der Waals surface area contributed by atoms with Crippen LogP contribution in [0.3, 0.4) is 0 Å². The molecule has 0 aliphatic rings. The summed E-state index contributed by atoms with van der Waals surface area (Å²) in [6.45, 7) is 12.8. The molecule has 0 fully saturated rings. The lowest BCUT2D eigenvalue weighted by Crippen LogP contribution is -2.31. The molecule has 1 atom stereocenters. The molecule has 0 aromatic heterocycles. The molecule has 0 saturated heterocycles. The predicted molar refractivity (Wildman–Crippen MR) is 97.6 cm³/mol. The third-order valence-corrected chi connectivity index (χ3v) is 9.84. The van der Waals surface area contributed by atoms with Crippen molar-refractivity contribution in [3.63, 3.8) is 0 Å². The van der Waals surface area contributed by atoms with Gasteiger partial charge in [-0.25, -0.2) is 0 Å². The normalized spacial score (nSPS) is 13.1. The highest BCUT2D eigenvalue weighted by Crippen LogP contribution is 2.60. The summed E-state index contributed by atoms with van der Waals surface area (Å²) < 4.78 is 0. The van der Waals surface area contributed by atoms with E-state index >= 15 is 0 Å². The second-order valence-electron chi connectivity index (χ2n) is 5.94. The van der Waals surface area contributed by atoms with E-state index in [2.05, 4.69) is 32.8 Å². The largest absolute Gasteiger partial charge is 0.322 e. The van der Waals surface area contributed by atoms with E-state index in [4.69, 9.17) is 11.6 Å². The van der Waals surface area contributed by atoms with Gasteiger partial charge in [-0.1, -0.05) is 18.5 Å². The van der Waals surface area contributed by atoms with E-state index in [-0.39, 0.29) is 11.6 Å². The minimum absolute atomic E-state index is 0.141. The summed E-state index contributed by atoms with van der Waals surface area (Å²) >= 11 is 6.06. The Morgan fingerprint density at radius 2 is 1.67 bits per heavy atom. The minimum atomic E-state index is -1.21. The molecule has 118 valence electrons. The summed E-state index contributed by atoms with van der Waals surface area (Å²) in [5, 5.41) is 3.88. The van der Waals surface area contributed by atoms with Gasteiger partial charge in [0.25, 0.3) is 5.91 Å². The van der Waals surface area contributed by atoms with Crippen molar-refractivity contribution in [3.8, 4) is 0 Å². The van der Waals surface area contributed by atoms with Gasteiger partial charge in [0.1, 0.15) is 5.66 Å². The van der Waals surface area contributed by atoms with Gasteiger partial charge in [-0.15, -0.1) is 0 Å². The monoisotopic (exact) mass is 328 g/mol. The minimum Gasteiger partial charge on any atom is -0.322 e. The summed E-state index contributed by atoms with van der Waals surface area (Å²) in [6.07, 6.45) is 3.14. The van der Waals surface area contributed by atoms with Crippen molar-refractivity contribution in [1.82, 2.24) is 0 Å². The maximum absolute atomic E-state index is 12.8. The Morgan fingerprint density at radius 3 is 2.05 bits per heavy atom. The Kier molecular flexibility index (Phi) is 6.69. The Morgan fingerprint density at radius 1 is 1.19 bits per heavy atom.